The molecule has 1 heterocycles. The number of carboxylic acid groups (broad SMARTS) is 1. The molecule has 0 spiro atoms. The van der Waals surface area contributed by atoms with E-state index in [0.29, 0.717) is 18.2 Å². The number of hydrogen-bond donors (Lipinski definition) is 1. The van der Waals surface area contributed by atoms with Gasteiger partial charge < -0.3 is 5.11 Å². The van der Waals surface area contributed by atoms with Gasteiger partial charge in [-0.2, -0.15) is 0 Å². The van der Waals surface area contributed by atoms with Gasteiger partial charge in [0.15, 0.2) is 5.54 Å². The molecule has 0 aliphatic heterocycles. The van der Waals surface area contributed by atoms with Crippen molar-refractivity contribution < 1.29 is 9.90 Å². The predicted molar refractivity (Wildman–Crippen MR) is 65.5 cm³/mol. The van der Waals surface area contributed by atoms with Crippen LogP contribution in [0, 0.1) is 0 Å². The summed E-state index contributed by atoms with van der Waals surface area (Å²) in [5.41, 5.74) is -1.16. The summed E-state index contributed by atoms with van der Waals surface area (Å²) >= 11 is 1.26. The molecule has 1 aliphatic carbocycles. The van der Waals surface area contributed by atoms with Gasteiger partial charge in [-0.15, -0.1) is 0 Å². The fourth-order valence-corrected chi connectivity index (χ4v) is 3.48. The second-order valence-electron chi connectivity index (χ2n) is 4.38. The molecule has 0 saturated heterocycles. The van der Waals surface area contributed by atoms with E-state index in [0.717, 1.165) is 11.1 Å². The van der Waals surface area contributed by atoms with Crippen molar-refractivity contribution in [2.45, 2.75) is 24.8 Å². The number of rotatable bonds is 2. The molecule has 0 bridgehead atoms. The minimum atomic E-state index is -0.985. The Labute approximate surface area is 101 Å². The Morgan fingerprint density at radius 1 is 1.35 bits per heavy atom. The molecule has 0 amide bonds. The second kappa shape index (κ2) is 3.43. The maximum absolute atomic E-state index is 12.2. The summed E-state index contributed by atoms with van der Waals surface area (Å²) in [5.74, 6) is -0.891. The fourth-order valence-electron chi connectivity index (χ4n) is 2.27. The highest BCUT2D eigenvalue weighted by atomic mass is 32.1. The van der Waals surface area contributed by atoms with Crippen molar-refractivity contribution in [2.24, 2.45) is 0 Å². The molecule has 5 heteroatoms. The van der Waals surface area contributed by atoms with Crippen molar-refractivity contribution in [1.29, 1.82) is 0 Å². The molecule has 0 radical (unpaired) electrons. The normalized spacial score (nSPS) is 17.9. The van der Waals surface area contributed by atoms with Gasteiger partial charge in [0.2, 0.25) is 0 Å². The smallest absolute Gasteiger partial charge is 0.330 e. The van der Waals surface area contributed by atoms with Crippen LogP contribution in [0.2, 0.25) is 0 Å². The van der Waals surface area contributed by atoms with E-state index in [4.69, 9.17) is 0 Å². The number of nitrogens with zero attached hydrogens (tertiary/aromatic N) is 1. The Morgan fingerprint density at radius 3 is 2.59 bits per heavy atom. The zero-order valence-electron chi connectivity index (χ0n) is 9.05. The van der Waals surface area contributed by atoms with Crippen LogP contribution >= 0.6 is 11.5 Å². The first-order valence-corrected chi connectivity index (χ1v) is 6.27. The Morgan fingerprint density at radius 2 is 2.06 bits per heavy atom. The molecule has 3 rings (SSSR count). The lowest BCUT2D eigenvalue weighted by atomic mass is 9.77. The summed E-state index contributed by atoms with van der Waals surface area (Å²) in [4.78, 5) is 23.6. The summed E-state index contributed by atoms with van der Waals surface area (Å²) in [6, 6.07) is 7.26. The lowest BCUT2D eigenvalue weighted by Gasteiger charge is -2.37. The minimum Gasteiger partial charge on any atom is -0.479 e. The molecule has 1 aromatic carbocycles. The van der Waals surface area contributed by atoms with E-state index >= 15 is 0 Å². The number of carbonyl (C=O) groups is 1. The van der Waals surface area contributed by atoms with Gasteiger partial charge in [0.25, 0.3) is 5.56 Å². The predicted octanol–water partition coefficient (Wildman–Crippen LogP) is 2.03. The molecule has 2 aromatic rings. The Balaban J connectivity index is 2.28. The molecule has 0 unspecified atom stereocenters. The summed E-state index contributed by atoms with van der Waals surface area (Å²) in [6.07, 6.45) is 1.97. The van der Waals surface area contributed by atoms with Crippen LogP contribution in [0.5, 0.6) is 0 Å². The van der Waals surface area contributed by atoms with E-state index in [1.54, 1.807) is 12.1 Å². The Bertz CT molecular complexity index is 651. The standard InChI is InChI=1S/C12H11NO3S/c14-10-8-4-1-2-5-9(8)17-13(10)12(11(15)16)6-3-7-12/h1-2,4-5H,3,6-7H2,(H,15,16). The molecule has 1 N–H and O–H groups in total. The van der Waals surface area contributed by atoms with Crippen LogP contribution < -0.4 is 5.56 Å². The molecule has 1 fully saturated rings. The summed E-state index contributed by atoms with van der Waals surface area (Å²) in [7, 11) is 0. The van der Waals surface area contributed by atoms with Gasteiger partial charge in [-0.05, 0) is 31.4 Å². The molecule has 4 nitrogen and oxygen atoms in total. The lowest BCUT2D eigenvalue weighted by Crippen LogP contribution is -2.50. The van der Waals surface area contributed by atoms with Crippen molar-refractivity contribution in [1.82, 2.24) is 3.96 Å². The third-order valence-electron chi connectivity index (χ3n) is 3.46. The largest absolute Gasteiger partial charge is 0.479 e. The average Bonchev–Trinajstić information content (AvgIpc) is 2.56. The molecule has 1 saturated carbocycles. The van der Waals surface area contributed by atoms with E-state index in [-0.39, 0.29) is 5.56 Å². The summed E-state index contributed by atoms with van der Waals surface area (Å²) < 4.78 is 2.30. The van der Waals surface area contributed by atoms with Crippen LogP contribution in [0.15, 0.2) is 29.1 Å². The zero-order chi connectivity index (χ0) is 12.0. The van der Waals surface area contributed by atoms with E-state index in [2.05, 4.69) is 0 Å². The number of benzene rings is 1. The number of carboxylic acids is 1. The number of aliphatic carboxylic acids is 1. The topological polar surface area (TPSA) is 59.3 Å². The Kier molecular flexibility index (Phi) is 2.13. The van der Waals surface area contributed by atoms with Crippen LogP contribution in [-0.4, -0.2) is 15.0 Å². The van der Waals surface area contributed by atoms with Crippen LogP contribution in [0.1, 0.15) is 19.3 Å². The van der Waals surface area contributed by atoms with Gasteiger partial charge in [-0.3, -0.25) is 4.79 Å². The SMILES string of the molecule is O=C(O)C1(n2sc3ccccc3c2=O)CCC1. The van der Waals surface area contributed by atoms with Crippen LogP contribution in [0.4, 0.5) is 0 Å². The van der Waals surface area contributed by atoms with Crippen molar-refractivity contribution >= 4 is 27.6 Å². The van der Waals surface area contributed by atoms with E-state index < -0.39 is 11.5 Å². The quantitative estimate of drug-likeness (QED) is 0.885. The summed E-state index contributed by atoms with van der Waals surface area (Å²) in [6.45, 7) is 0. The highest BCUT2D eigenvalue weighted by Crippen LogP contribution is 2.40. The van der Waals surface area contributed by atoms with Crippen molar-refractivity contribution in [3.8, 4) is 0 Å². The van der Waals surface area contributed by atoms with Gasteiger partial charge in [0.05, 0.1) is 10.1 Å². The van der Waals surface area contributed by atoms with Gasteiger partial charge in [-0.1, -0.05) is 23.7 Å². The molecule has 0 atom stereocenters. The van der Waals surface area contributed by atoms with Crippen molar-refractivity contribution in [3.05, 3.63) is 34.6 Å². The summed E-state index contributed by atoms with van der Waals surface area (Å²) in [5, 5.41) is 9.95. The minimum absolute atomic E-state index is 0.173. The van der Waals surface area contributed by atoms with Crippen molar-refractivity contribution in [3.63, 3.8) is 0 Å². The molecule has 1 aliphatic rings. The zero-order valence-corrected chi connectivity index (χ0v) is 9.87. The highest BCUT2D eigenvalue weighted by Gasteiger charge is 2.48. The molecule has 1 aromatic heterocycles. The highest BCUT2D eigenvalue weighted by molar-refractivity contribution is 7.14. The first-order valence-electron chi connectivity index (χ1n) is 5.50. The maximum atomic E-state index is 12.2. The average molecular weight is 249 g/mol. The van der Waals surface area contributed by atoms with Crippen LogP contribution in [0.25, 0.3) is 10.1 Å². The van der Waals surface area contributed by atoms with Gasteiger partial charge in [-0.25, -0.2) is 8.75 Å². The third-order valence-corrected chi connectivity index (χ3v) is 4.71. The van der Waals surface area contributed by atoms with Crippen LogP contribution in [-0.2, 0) is 10.3 Å². The van der Waals surface area contributed by atoms with Crippen molar-refractivity contribution in [2.75, 3.05) is 0 Å². The molecular formula is C12H11NO3S. The first kappa shape index (κ1) is 10.5. The number of fused-ring (bicyclic) bond motifs is 1. The van der Waals surface area contributed by atoms with Gasteiger partial charge in [0, 0.05) is 0 Å². The first-order chi connectivity index (χ1) is 8.15. The molecule has 88 valence electrons. The van der Waals surface area contributed by atoms with Gasteiger partial charge >= 0.3 is 5.97 Å². The lowest BCUT2D eigenvalue weighted by molar-refractivity contribution is -0.151. The molecular weight excluding hydrogens is 238 g/mol. The fraction of sp³-hybridized carbons (Fsp3) is 0.333. The second-order valence-corrected chi connectivity index (χ2v) is 5.36. The number of hydrogen-bond acceptors (Lipinski definition) is 3. The maximum Gasteiger partial charge on any atom is 0.330 e. The van der Waals surface area contributed by atoms with E-state index in [1.807, 2.05) is 12.1 Å². The van der Waals surface area contributed by atoms with Crippen LogP contribution in [0.3, 0.4) is 0 Å². The molecule has 17 heavy (non-hydrogen) atoms. The Hall–Kier alpha value is -1.62. The monoisotopic (exact) mass is 249 g/mol. The van der Waals surface area contributed by atoms with Gasteiger partial charge in [0.1, 0.15) is 0 Å². The number of aromatic nitrogens is 1. The third kappa shape index (κ3) is 1.29. The van der Waals surface area contributed by atoms with E-state index in [1.165, 1.54) is 15.5 Å². The van der Waals surface area contributed by atoms with E-state index in [9.17, 15) is 14.7 Å².